The van der Waals surface area contributed by atoms with Crippen LogP contribution in [0.2, 0.25) is 0 Å². The summed E-state index contributed by atoms with van der Waals surface area (Å²) in [5, 5.41) is 9.20. The highest BCUT2D eigenvalue weighted by Crippen LogP contribution is 2.24. The van der Waals surface area contributed by atoms with E-state index in [1.807, 2.05) is 6.92 Å². The second kappa shape index (κ2) is 5.54. The van der Waals surface area contributed by atoms with Crippen molar-refractivity contribution in [3.8, 4) is 0 Å². The van der Waals surface area contributed by atoms with Gasteiger partial charge in [-0.2, -0.15) is 0 Å². The minimum atomic E-state index is -0.423. The lowest BCUT2D eigenvalue weighted by Gasteiger charge is -2.35. The Morgan fingerprint density at radius 2 is 2.08 bits per heavy atom. The zero-order valence-corrected chi connectivity index (χ0v) is 8.12. The van der Waals surface area contributed by atoms with E-state index in [-0.39, 0.29) is 13.4 Å². The number of hydrogen-bond donors (Lipinski definition) is 1. The predicted octanol–water partition coefficient (Wildman–Crippen LogP) is 0.539. The van der Waals surface area contributed by atoms with E-state index in [2.05, 4.69) is 0 Å². The monoisotopic (exact) mass is 190 g/mol. The molecule has 1 aliphatic rings. The molecule has 78 valence electrons. The fourth-order valence-electron chi connectivity index (χ4n) is 1.34. The van der Waals surface area contributed by atoms with Crippen LogP contribution in [-0.2, 0) is 14.2 Å². The standard InChI is InChI=1S/C9H18O4/c1-2-11-8-13-9(7-10)3-5-12-6-4-9/h10H,2-8H2,1H3. The van der Waals surface area contributed by atoms with Gasteiger partial charge in [0.05, 0.1) is 12.2 Å². The van der Waals surface area contributed by atoms with Gasteiger partial charge in [-0.15, -0.1) is 0 Å². The molecule has 0 aromatic carbocycles. The minimum absolute atomic E-state index is 0.0451. The van der Waals surface area contributed by atoms with Crippen molar-refractivity contribution in [1.29, 1.82) is 0 Å². The summed E-state index contributed by atoms with van der Waals surface area (Å²) in [6, 6.07) is 0. The van der Waals surface area contributed by atoms with Crippen LogP contribution in [0.5, 0.6) is 0 Å². The van der Waals surface area contributed by atoms with E-state index >= 15 is 0 Å². The van der Waals surface area contributed by atoms with Crippen molar-refractivity contribution >= 4 is 0 Å². The SMILES string of the molecule is CCOCOC1(CO)CCOCC1. The lowest BCUT2D eigenvalue weighted by atomic mass is 9.95. The maximum atomic E-state index is 9.20. The van der Waals surface area contributed by atoms with Gasteiger partial charge < -0.3 is 19.3 Å². The summed E-state index contributed by atoms with van der Waals surface area (Å²) in [6.07, 6.45) is 1.49. The molecule has 0 saturated carbocycles. The third kappa shape index (κ3) is 3.23. The molecule has 4 heteroatoms. The van der Waals surface area contributed by atoms with Crippen LogP contribution in [0.3, 0.4) is 0 Å². The molecule has 0 aromatic heterocycles. The summed E-state index contributed by atoms with van der Waals surface area (Å²) < 4.78 is 15.8. The topological polar surface area (TPSA) is 47.9 Å². The first-order valence-corrected chi connectivity index (χ1v) is 4.73. The molecule has 1 rings (SSSR count). The summed E-state index contributed by atoms with van der Waals surface area (Å²) in [6.45, 7) is 4.18. The van der Waals surface area contributed by atoms with Crippen molar-refractivity contribution in [3.63, 3.8) is 0 Å². The van der Waals surface area contributed by atoms with Gasteiger partial charge in [-0.05, 0) is 6.92 Å². The van der Waals surface area contributed by atoms with Crippen molar-refractivity contribution in [1.82, 2.24) is 0 Å². The quantitative estimate of drug-likeness (QED) is 0.507. The summed E-state index contributed by atoms with van der Waals surface area (Å²) in [5.74, 6) is 0. The molecule has 1 N–H and O–H groups in total. The number of aliphatic hydroxyl groups is 1. The zero-order valence-electron chi connectivity index (χ0n) is 8.12. The predicted molar refractivity (Wildman–Crippen MR) is 47.4 cm³/mol. The van der Waals surface area contributed by atoms with E-state index in [4.69, 9.17) is 14.2 Å². The fourth-order valence-corrected chi connectivity index (χ4v) is 1.34. The van der Waals surface area contributed by atoms with Crippen LogP contribution in [0.15, 0.2) is 0 Å². The summed E-state index contributed by atoms with van der Waals surface area (Å²) >= 11 is 0. The van der Waals surface area contributed by atoms with Gasteiger partial charge in [-0.1, -0.05) is 0 Å². The molecule has 0 radical (unpaired) electrons. The Bertz CT molecular complexity index is 132. The molecular formula is C9H18O4. The van der Waals surface area contributed by atoms with Gasteiger partial charge in [0.25, 0.3) is 0 Å². The molecule has 4 nitrogen and oxygen atoms in total. The Kier molecular flexibility index (Phi) is 4.66. The Hall–Kier alpha value is -0.160. The lowest BCUT2D eigenvalue weighted by molar-refractivity contribution is -0.187. The highest BCUT2D eigenvalue weighted by molar-refractivity contribution is 4.82. The van der Waals surface area contributed by atoms with E-state index < -0.39 is 5.60 Å². The van der Waals surface area contributed by atoms with Crippen molar-refractivity contribution in [2.45, 2.75) is 25.4 Å². The minimum Gasteiger partial charge on any atom is -0.393 e. The van der Waals surface area contributed by atoms with Crippen LogP contribution in [-0.4, -0.2) is 43.9 Å². The first-order chi connectivity index (χ1) is 6.33. The van der Waals surface area contributed by atoms with E-state index in [0.29, 0.717) is 19.8 Å². The number of ether oxygens (including phenoxy) is 3. The van der Waals surface area contributed by atoms with Crippen LogP contribution >= 0.6 is 0 Å². The fraction of sp³-hybridized carbons (Fsp3) is 1.00. The number of hydrogen-bond acceptors (Lipinski definition) is 4. The normalized spacial score (nSPS) is 21.7. The van der Waals surface area contributed by atoms with Crippen molar-refractivity contribution in [2.24, 2.45) is 0 Å². The van der Waals surface area contributed by atoms with E-state index in [9.17, 15) is 5.11 Å². The Morgan fingerprint density at radius 1 is 1.38 bits per heavy atom. The maximum absolute atomic E-state index is 9.20. The van der Waals surface area contributed by atoms with Gasteiger partial charge in [-0.25, -0.2) is 0 Å². The average molecular weight is 190 g/mol. The van der Waals surface area contributed by atoms with E-state index in [0.717, 1.165) is 12.8 Å². The molecule has 0 aliphatic carbocycles. The van der Waals surface area contributed by atoms with Gasteiger partial charge in [-0.3, -0.25) is 0 Å². The van der Waals surface area contributed by atoms with Crippen molar-refractivity contribution in [2.75, 3.05) is 33.2 Å². The Labute approximate surface area is 78.8 Å². The Balaban J connectivity index is 2.29. The smallest absolute Gasteiger partial charge is 0.147 e. The maximum Gasteiger partial charge on any atom is 0.147 e. The van der Waals surface area contributed by atoms with Crippen LogP contribution < -0.4 is 0 Å². The molecular weight excluding hydrogens is 172 g/mol. The summed E-state index contributed by atoms with van der Waals surface area (Å²) in [4.78, 5) is 0. The molecule has 0 spiro atoms. The van der Waals surface area contributed by atoms with Crippen LogP contribution in [0.1, 0.15) is 19.8 Å². The van der Waals surface area contributed by atoms with Crippen LogP contribution in [0.4, 0.5) is 0 Å². The first kappa shape index (κ1) is 10.9. The third-order valence-corrected chi connectivity index (χ3v) is 2.34. The second-order valence-corrected chi connectivity index (χ2v) is 3.21. The highest BCUT2D eigenvalue weighted by atomic mass is 16.7. The zero-order chi connectivity index (χ0) is 9.57. The molecule has 1 saturated heterocycles. The van der Waals surface area contributed by atoms with Crippen LogP contribution in [0, 0.1) is 0 Å². The molecule has 0 atom stereocenters. The summed E-state index contributed by atoms with van der Waals surface area (Å²) in [5.41, 5.74) is -0.423. The number of rotatable bonds is 5. The van der Waals surface area contributed by atoms with Crippen molar-refractivity contribution in [3.05, 3.63) is 0 Å². The van der Waals surface area contributed by atoms with Gasteiger partial charge in [0.1, 0.15) is 6.79 Å². The largest absolute Gasteiger partial charge is 0.393 e. The highest BCUT2D eigenvalue weighted by Gasteiger charge is 2.32. The third-order valence-electron chi connectivity index (χ3n) is 2.34. The van der Waals surface area contributed by atoms with Crippen LogP contribution in [0.25, 0.3) is 0 Å². The Morgan fingerprint density at radius 3 is 2.62 bits per heavy atom. The number of aliphatic hydroxyl groups excluding tert-OH is 1. The molecule has 0 unspecified atom stereocenters. The van der Waals surface area contributed by atoms with E-state index in [1.54, 1.807) is 0 Å². The average Bonchev–Trinajstić information content (AvgIpc) is 2.20. The molecule has 0 amide bonds. The van der Waals surface area contributed by atoms with Crippen molar-refractivity contribution < 1.29 is 19.3 Å². The second-order valence-electron chi connectivity index (χ2n) is 3.21. The molecule has 13 heavy (non-hydrogen) atoms. The first-order valence-electron chi connectivity index (χ1n) is 4.73. The molecule has 0 bridgehead atoms. The summed E-state index contributed by atoms with van der Waals surface area (Å²) in [7, 11) is 0. The van der Waals surface area contributed by atoms with Gasteiger partial charge >= 0.3 is 0 Å². The molecule has 1 aliphatic heterocycles. The molecule has 1 heterocycles. The lowest BCUT2D eigenvalue weighted by Crippen LogP contribution is -2.43. The molecule has 1 fully saturated rings. The van der Waals surface area contributed by atoms with Gasteiger partial charge in [0.2, 0.25) is 0 Å². The van der Waals surface area contributed by atoms with Gasteiger partial charge in [0, 0.05) is 32.7 Å². The molecule has 0 aromatic rings. The van der Waals surface area contributed by atoms with E-state index in [1.165, 1.54) is 0 Å². The van der Waals surface area contributed by atoms with Gasteiger partial charge in [0.15, 0.2) is 0 Å².